The van der Waals surface area contributed by atoms with Gasteiger partial charge in [-0.1, -0.05) is 70.5 Å². The summed E-state index contributed by atoms with van der Waals surface area (Å²) in [6.45, 7) is 0.658. The van der Waals surface area contributed by atoms with Gasteiger partial charge >= 0.3 is 0 Å². The van der Waals surface area contributed by atoms with E-state index in [1.165, 1.54) is 5.56 Å². The van der Waals surface area contributed by atoms with Crippen LogP contribution >= 0.6 is 15.9 Å². The van der Waals surface area contributed by atoms with E-state index < -0.39 is 0 Å². The van der Waals surface area contributed by atoms with Crippen molar-refractivity contribution in [3.8, 4) is 5.75 Å². The van der Waals surface area contributed by atoms with Crippen LogP contribution in [0.1, 0.15) is 11.1 Å². The molecule has 3 aromatic carbocycles. The number of nitrogens with zero attached hydrogens (tertiary/aromatic N) is 2. The Balaban J connectivity index is 1.43. The van der Waals surface area contributed by atoms with E-state index in [1.54, 1.807) is 18.3 Å². The molecule has 150 valence electrons. The molecular formula is C24H20BrN3O2. The first kappa shape index (κ1) is 19.9. The third-order valence-corrected chi connectivity index (χ3v) is 5.07. The second-order valence-electron chi connectivity index (χ2n) is 6.75. The van der Waals surface area contributed by atoms with Gasteiger partial charge in [-0.25, -0.2) is 5.43 Å². The first-order valence-corrected chi connectivity index (χ1v) is 10.3. The van der Waals surface area contributed by atoms with Crippen LogP contribution in [0.4, 0.5) is 0 Å². The lowest BCUT2D eigenvalue weighted by Crippen LogP contribution is -2.24. The maximum absolute atomic E-state index is 12.0. The summed E-state index contributed by atoms with van der Waals surface area (Å²) in [7, 11) is 0. The molecule has 0 aliphatic heterocycles. The summed E-state index contributed by atoms with van der Waals surface area (Å²) in [5, 5.41) is 5.20. The standard InChI is InChI=1S/C24H20BrN3O2/c25-20-9-6-10-21(13-20)30-17-24(29)27-26-14-19-16-28(15-18-7-2-1-3-8-18)23-12-5-4-11-22(19)23/h1-14,16H,15,17H2,(H,27,29). The zero-order valence-electron chi connectivity index (χ0n) is 16.2. The fourth-order valence-electron chi connectivity index (χ4n) is 3.20. The summed E-state index contributed by atoms with van der Waals surface area (Å²) in [6.07, 6.45) is 3.71. The zero-order chi connectivity index (χ0) is 20.8. The first-order valence-electron chi connectivity index (χ1n) is 9.51. The Hall–Kier alpha value is -3.38. The molecular weight excluding hydrogens is 442 g/mol. The number of carbonyl (C=O) groups is 1. The van der Waals surface area contributed by atoms with Crippen LogP contribution in [0.3, 0.4) is 0 Å². The average molecular weight is 462 g/mol. The van der Waals surface area contributed by atoms with Crippen LogP contribution in [0.15, 0.2) is 94.6 Å². The molecule has 0 unspecified atom stereocenters. The SMILES string of the molecule is O=C(COc1cccc(Br)c1)NN=Cc1cn(Cc2ccccc2)c2ccccc12. The van der Waals surface area contributed by atoms with Crippen LogP contribution in [-0.2, 0) is 11.3 Å². The number of carbonyl (C=O) groups excluding carboxylic acids is 1. The van der Waals surface area contributed by atoms with Crippen LogP contribution < -0.4 is 10.2 Å². The summed E-state index contributed by atoms with van der Waals surface area (Å²) in [5.74, 6) is 0.298. The third kappa shape index (κ3) is 4.96. The average Bonchev–Trinajstić information content (AvgIpc) is 3.11. The highest BCUT2D eigenvalue weighted by Crippen LogP contribution is 2.21. The normalized spacial score (nSPS) is 11.1. The number of hydrogen-bond donors (Lipinski definition) is 1. The molecule has 0 aliphatic carbocycles. The minimum atomic E-state index is -0.320. The molecule has 0 spiro atoms. The van der Waals surface area contributed by atoms with E-state index in [2.05, 4.69) is 55.3 Å². The smallest absolute Gasteiger partial charge is 0.277 e. The maximum Gasteiger partial charge on any atom is 0.277 e. The van der Waals surface area contributed by atoms with Gasteiger partial charge in [-0.05, 0) is 29.8 Å². The number of fused-ring (bicyclic) bond motifs is 1. The fraction of sp³-hybridized carbons (Fsp3) is 0.0833. The Morgan fingerprint density at radius 2 is 1.83 bits per heavy atom. The Morgan fingerprint density at radius 3 is 2.67 bits per heavy atom. The summed E-state index contributed by atoms with van der Waals surface area (Å²) in [5.41, 5.74) is 5.80. The maximum atomic E-state index is 12.0. The molecule has 1 heterocycles. The minimum Gasteiger partial charge on any atom is -0.484 e. The number of rotatable bonds is 7. The number of aromatic nitrogens is 1. The van der Waals surface area contributed by atoms with Gasteiger partial charge in [0.25, 0.3) is 5.91 Å². The van der Waals surface area contributed by atoms with Crippen molar-refractivity contribution < 1.29 is 9.53 Å². The first-order chi connectivity index (χ1) is 14.7. The number of ether oxygens (including phenoxy) is 1. The van der Waals surface area contributed by atoms with E-state index in [-0.39, 0.29) is 12.5 Å². The predicted molar refractivity (Wildman–Crippen MR) is 123 cm³/mol. The van der Waals surface area contributed by atoms with Gasteiger partial charge in [0.2, 0.25) is 0 Å². The van der Waals surface area contributed by atoms with Gasteiger partial charge in [0.1, 0.15) is 5.75 Å². The van der Waals surface area contributed by atoms with Gasteiger partial charge in [-0.3, -0.25) is 4.79 Å². The topological polar surface area (TPSA) is 55.6 Å². The lowest BCUT2D eigenvalue weighted by atomic mass is 10.2. The van der Waals surface area contributed by atoms with Gasteiger partial charge in [-0.15, -0.1) is 0 Å². The van der Waals surface area contributed by atoms with Gasteiger partial charge in [0.05, 0.1) is 6.21 Å². The summed E-state index contributed by atoms with van der Waals surface area (Å²) >= 11 is 3.37. The molecule has 6 heteroatoms. The monoisotopic (exact) mass is 461 g/mol. The van der Waals surface area contributed by atoms with Crippen molar-refractivity contribution >= 4 is 39.0 Å². The number of para-hydroxylation sites is 1. The molecule has 0 saturated heterocycles. The molecule has 1 N–H and O–H groups in total. The number of nitrogens with one attached hydrogen (secondary N) is 1. The molecule has 30 heavy (non-hydrogen) atoms. The van der Waals surface area contributed by atoms with Crippen molar-refractivity contribution in [2.75, 3.05) is 6.61 Å². The van der Waals surface area contributed by atoms with Crippen molar-refractivity contribution in [3.63, 3.8) is 0 Å². The van der Waals surface area contributed by atoms with Gasteiger partial charge in [0.15, 0.2) is 6.61 Å². The molecule has 1 aromatic heterocycles. The number of amides is 1. The van der Waals surface area contributed by atoms with Crippen LogP contribution in [-0.4, -0.2) is 23.3 Å². The minimum absolute atomic E-state index is 0.108. The quantitative estimate of drug-likeness (QED) is 0.311. The molecule has 5 nitrogen and oxygen atoms in total. The largest absolute Gasteiger partial charge is 0.484 e. The van der Waals surface area contributed by atoms with Crippen molar-refractivity contribution in [2.45, 2.75) is 6.54 Å². The van der Waals surface area contributed by atoms with Gasteiger partial charge < -0.3 is 9.30 Å². The highest BCUT2D eigenvalue weighted by molar-refractivity contribution is 9.10. The van der Waals surface area contributed by atoms with E-state index in [4.69, 9.17) is 4.74 Å². The number of hydrazone groups is 1. The Labute approximate surface area is 183 Å². The highest BCUT2D eigenvalue weighted by atomic mass is 79.9. The molecule has 0 aliphatic rings. The lowest BCUT2D eigenvalue weighted by molar-refractivity contribution is -0.123. The summed E-state index contributed by atoms with van der Waals surface area (Å²) in [4.78, 5) is 12.0. The van der Waals surface area contributed by atoms with E-state index in [0.717, 1.165) is 27.5 Å². The number of halogens is 1. The molecule has 0 saturated carbocycles. The summed E-state index contributed by atoms with van der Waals surface area (Å²) in [6, 6.07) is 25.8. The van der Waals surface area contributed by atoms with E-state index in [1.807, 2.05) is 48.7 Å². The molecule has 0 radical (unpaired) electrons. The van der Waals surface area contributed by atoms with Crippen LogP contribution in [0.5, 0.6) is 5.75 Å². The van der Waals surface area contributed by atoms with Crippen molar-refractivity contribution in [1.29, 1.82) is 0 Å². The van der Waals surface area contributed by atoms with Crippen molar-refractivity contribution in [1.82, 2.24) is 9.99 Å². The van der Waals surface area contributed by atoms with Crippen LogP contribution in [0, 0.1) is 0 Å². The zero-order valence-corrected chi connectivity index (χ0v) is 17.7. The molecule has 0 bridgehead atoms. The second kappa shape index (κ2) is 9.41. The Morgan fingerprint density at radius 1 is 1.03 bits per heavy atom. The lowest BCUT2D eigenvalue weighted by Gasteiger charge is -2.05. The molecule has 0 fully saturated rings. The second-order valence-corrected chi connectivity index (χ2v) is 7.67. The fourth-order valence-corrected chi connectivity index (χ4v) is 3.58. The van der Waals surface area contributed by atoms with Gasteiger partial charge in [-0.2, -0.15) is 5.10 Å². The number of hydrogen-bond acceptors (Lipinski definition) is 3. The Bertz CT molecular complexity index is 1190. The van der Waals surface area contributed by atoms with Crippen molar-refractivity contribution in [3.05, 3.63) is 101 Å². The van der Waals surface area contributed by atoms with E-state index in [0.29, 0.717) is 5.75 Å². The van der Waals surface area contributed by atoms with E-state index in [9.17, 15) is 4.79 Å². The molecule has 0 atom stereocenters. The molecule has 4 rings (SSSR count). The van der Waals surface area contributed by atoms with Gasteiger partial charge in [0, 0.05) is 33.7 Å². The van der Waals surface area contributed by atoms with Crippen LogP contribution in [0.2, 0.25) is 0 Å². The Kier molecular flexibility index (Phi) is 6.25. The third-order valence-electron chi connectivity index (χ3n) is 4.57. The summed E-state index contributed by atoms with van der Waals surface area (Å²) < 4.78 is 8.55. The number of benzene rings is 3. The van der Waals surface area contributed by atoms with Crippen LogP contribution in [0.25, 0.3) is 10.9 Å². The predicted octanol–water partition coefficient (Wildman–Crippen LogP) is 4.98. The highest BCUT2D eigenvalue weighted by Gasteiger charge is 2.07. The van der Waals surface area contributed by atoms with Crippen molar-refractivity contribution in [2.24, 2.45) is 5.10 Å². The molecule has 1 amide bonds. The van der Waals surface area contributed by atoms with E-state index >= 15 is 0 Å². The molecule has 4 aromatic rings.